The van der Waals surface area contributed by atoms with Crippen LogP contribution >= 0.6 is 0 Å². The van der Waals surface area contributed by atoms with Crippen molar-refractivity contribution in [2.24, 2.45) is 0 Å². The van der Waals surface area contributed by atoms with Crippen molar-refractivity contribution in [1.82, 2.24) is 0 Å². The molecular formula is C28H28NO+. The van der Waals surface area contributed by atoms with E-state index in [1.165, 1.54) is 12.0 Å². The molecule has 0 unspecified atom stereocenters. The second-order valence-electron chi connectivity index (χ2n) is 9.06. The molecule has 0 spiro atoms. The van der Waals surface area contributed by atoms with E-state index in [0.717, 1.165) is 46.4 Å². The van der Waals surface area contributed by atoms with Crippen LogP contribution in [-0.2, 0) is 5.60 Å². The normalized spacial score (nSPS) is 23.3. The molecule has 1 saturated heterocycles. The summed E-state index contributed by atoms with van der Waals surface area (Å²) in [7, 11) is 2.31. The molecule has 1 aliphatic heterocycles. The summed E-state index contributed by atoms with van der Waals surface area (Å²) in [5.41, 5.74) is 4.64. The van der Waals surface area contributed by atoms with Crippen molar-refractivity contribution in [3.63, 3.8) is 0 Å². The highest BCUT2D eigenvalue weighted by Gasteiger charge is 2.40. The van der Waals surface area contributed by atoms with Crippen LogP contribution < -0.4 is 0 Å². The number of likely N-dealkylation sites (N-methyl/N-ethyl adjacent to an activating group) is 1. The number of hydrogen-bond acceptors (Lipinski definition) is 1. The maximum Gasteiger partial charge on any atom is 0.140 e. The fourth-order valence-electron chi connectivity index (χ4n) is 5.25. The second-order valence-corrected chi connectivity index (χ2v) is 9.06. The Labute approximate surface area is 179 Å². The van der Waals surface area contributed by atoms with E-state index in [2.05, 4.69) is 61.4 Å². The lowest BCUT2D eigenvalue weighted by molar-refractivity contribution is -0.891. The summed E-state index contributed by atoms with van der Waals surface area (Å²) in [6, 6.07) is 27.2. The molecule has 1 fully saturated rings. The molecule has 2 atom stereocenters. The van der Waals surface area contributed by atoms with Crippen molar-refractivity contribution in [1.29, 1.82) is 0 Å². The van der Waals surface area contributed by atoms with Gasteiger partial charge in [-0.15, -0.1) is 0 Å². The first kappa shape index (κ1) is 19.1. The molecule has 3 aromatic rings. The van der Waals surface area contributed by atoms with Gasteiger partial charge in [-0.2, -0.15) is 0 Å². The van der Waals surface area contributed by atoms with Crippen molar-refractivity contribution in [2.45, 2.75) is 24.4 Å². The Balaban J connectivity index is 1.32. The third-order valence-electron chi connectivity index (χ3n) is 6.91. The lowest BCUT2D eigenvalue weighted by atomic mass is 9.88. The molecule has 30 heavy (non-hydrogen) atoms. The van der Waals surface area contributed by atoms with Crippen molar-refractivity contribution >= 4 is 0 Å². The summed E-state index contributed by atoms with van der Waals surface area (Å²) in [5, 5.41) is 11.6. The number of fused-ring (bicyclic) bond motifs is 3. The minimum atomic E-state index is -1.02. The van der Waals surface area contributed by atoms with Crippen molar-refractivity contribution in [3.05, 3.63) is 95.6 Å². The summed E-state index contributed by atoms with van der Waals surface area (Å²) in [4.78, 5) is 0. The maximum absolute atomic E-state index is 11.6. The summed E-state index contributed by atoms with van der Waals surface area (Å²) in [6.07, 6.45) is 1.65. The van der Waals surface area contributed by atoms with Crippen LogP contribution in [0, 0.1) is 11.8 Å². The van der Waals surface area contributed by atoms with E-state index in [4.69, 9.17) is 0 Å². The first-order valence-electron chi connectivity index (χ1n) is 10.9. The largest absolute Gasteiger partial charge is 0.379 e. The quantitative estimate of drug-likeness (QED) is 0.493. The van der Waals surface area contributed by atoms with Crippen LogP contribution in [0.5, 0.6) is 0 Å². The van der Waals surface area contributed by atoms with Gasteiger partial charge < -0.3 is 9.59 Å². The molecule has 0 bridgehead atoms. The van der Waals surface area contributed by atoms with Crippen molar-refractivity contribution < 1.29 is 9.59 Å². The predicted octanol–water partition coefficient (Wildman–Crippen LogP) is 4.93. The monoisotopic (exact) mass is 394 g/mol. The lowest BCUT2D eigenvalue weighted by Gasteiger charge is -2.27. The number of benzene rings is 3. The van der Waals surface area contributed by atoms with Crippen molar-refractivity contribution in [2.75, 3.05) is 26.7 Å². The van der Waals surface area contributed by atoms with Gasteiger partial charge in [-0.1, -0.05) is 84.8 Å². The smallest absolute Gasteiger partial charge is 0.140 e. The third-order valence-corrected chi connectivity index (χ3v) is 6.91. The van der Waals surface area contributed by atoms with Gasteiger partial charge in [-0.25, -0.2) is 0 Å². The van der Waals surface area contributed by atoms with Gasteiger partial charge in [0, 0.05) is 18.8 Å². The Bertz CT molecular complexity index is 1080. The summed E-state index contributed by atoms with van der Waals surface area (Å²) < 4.78 is 0.984. The van der Waals surface area contributed by atoms with Crippen LogP contribution in [0.1, 0.15) is 35.4 Å². The zero-order valence-electron chi connectivity index (χ0n) is 17.5. The van der Waals surface area contributed by atoms with E-state index in [9.17, 15) is 5.11 Å². The third kappa shape index (κ3) is 3.25. The Morgan fingerprint density at radius 1 is 0.867 bits per heavy atom. The first-order valence-corrected chi connectivity index (χ1v) is 10.9. The van der Waals surface area contributed by atoms with Gasteiger partial charge in [0.1, 0.15) is 12.1 Å². The van der Waals surface area contributed by atoms with E-state index >= 15 is 0 Å². The van der Waals surface area contributed by atoms with Crippen LogP contribution in [0.3, 0.4) is 0 Å². The van der Waals surface area contributed by atoms with Gasteiger partial charge in [0.25, 0.3) is 0 Å². The number of likely N-dealkylation sites (tertiary alicyclic amines) is 1. The fourth-order valence-corrected chi connectivity index (χ4v) is 5.25. The van der Waals surface area contributed by atoms with Crippen LogP contribution in [0.25, 0.3) is 11.1 Å². The molecule has 1 N–H and O–H groups in total. The topological polar surface area (TPSA) is 20.2 Å². The zero-order chi connectivity index (χ0) is 20.6. The average Bonchev–Trinajstić information content (AvgIpc) is 3.30. The number of hydrogen-bond donors (Lipinski definition) is 1. The molecular weight excluding hydrogens is 366 g/mol. The van der Waals surface area contributed by atoms with Crippen LogP contribution in [0.2, 0.25) is 0 Å². The van der Waals surface area contributed by atoms with Crippen LogP contribution in [0.4, 0.5) is 0 Å². The highest BCUT2D eigenvalue weighted by atomic mass is 16.3. The molecule has 3 aromatic carbocycles. The molecule has 2 nitrogen and oxygen atoms in total. The lowest BCUT2D eigenvalue weighted by Crippen LogP contribution is -2.41. The summed E-state index contributed by atoms with van der Waals surface area (Å²) >= 11 is 0. The minimum Gasteiger partial charge on any atom is -0.379 e. The molecule has 0 aromatic heterocycles. The molecule has 0 radical (unpaired) electrons. The zero-order valence-corrected chi connectivity index (χ0v) is 17.5. The predicted molar refractivity (Wildman–Crippen MR) is 122 cm³/mol. The van der Waals surface area contributed by atoms with Gasteiger partial charge in [-0.05, 0) is 33.7 Å². The number of nitrogens with zero attached hydrogens (tertiary/aromatic N) is 1. The highest BCUT2D eigenvalue weighted by molar-refractivity contribution is 5.80. The van der Waals surface area contributed by atoms with E-state index in [1.54, 1.807) is 0 Å². The number of aliphatic hydroxyl groups is 1. The standard InChI is InChI=1S/C28H28NO/c1-29(20-17-23(21-29)22-11-3-2-4-12-22)19-10-9-18-28(30)26-15-7-5-13-24(26)25-14-6-8-16-27(25)28/h2-8,11-16,23,30H,17-21H2,1H3/q+1/t23-,29-/m1/s1. The van der Waals surface area contributed by atoms with Gasteiger partial charge in [0.15, 0.2) is 0 Å². The van der Waals surface area contributed by atoms with Crippen LogP contribution in [-0.4, -0.2) is 36.3 Å². The number of rotatable bonds is 3. The molecule has 5 rings (SSSR count). The minimum absolute atomic E-state index is 0.434. The van der Waals surface area contributed by atoms with Gasteiger partial charge >= 0.3 is 0 Å². The van der Waals surface area contributed by atoms with Gasteiger partial charge in [0.05, 0.1) is 20.1 Å². The van der Waals surface area contributed by atoms with Crippen LogP contribution in [0.15, 0.2) is 78.9 Å². The van der Waals surface area contributed by atoms with E-state index in [1.807, 2.05) is 36.4 Å². The summed E-state index contributed by atoms with van der Waals surface area (Å²) in [5.74, 6) is 7.38. The van der Waals surface area contributed by atoms with Gasteiger partial charge in [0.2, 0.25) is 0 Å². The Morgan fingerprint density at radius 3 is 2.13 bits per heavy atom. The molecule has 2 aliphatic rings. The van der Waals surface area contributed by atoms with Crippen molar-refractivity contribution in [3.8, 4) is 23.0 Å². The molecule has 1 aliphatic carbocycles. The second kappa shape index (κ2) is 7.43. The highest BCUT2D eigenvalue weighted by Crippen LogP contribution is 2.48. The van der Waals surface area contributed by atoms with E-state index < -0.39 is 5.60 Å². The van der Waals surface area contributed by atoms with Gasteiger partial charge in [-0.3, -0.25) is 0 Å². The van der Waals surface area contributed by atoms with E-state index in [0.29, 0.717) is 12.3 Å². The van der Waals surface area contributed by atoms with E-state index in [-0.39, 0.29) is 0 Å². The molecule has 1 heterocycles. The Hall–Kier alpha value is -2.86. The first-order chi connectivity index (χ1) is 14.6. The molecule has 0 saturated carbocycles. The average molecular weight is 395 g/mol. The molecule has 0 amide bonds. The SMILES string of the molecule is C[N@@+]1(CC#CCC2(O)c3ccccc3-c3ccccc32)CC[C@@H](c2ccccc2)C1. The molecule has 2 heteroatoms. The number of quaternary nitrogens is 1. The fraction of sp³-hybridized carbons (Fsp3) is 0.286. The Morgan fingerprint density at radius 2 is 1.47 bits per heavy atom. The summed E-state index contributed by atoms with van der Waals surface area (Å²) in [6.45, 7) is 3.13. The molecule has 150 valence electrons. The maximum atomic E-state index is 11.6. The Kier molecular flexibility index (Phi) is 4.74.